The molecule has 4 atom stereocenters. The molecule has 0 aliphatic carbocycles. The summed E-state index contributed by atoms with van der Waals surface area (Å²) in [4.78, 5) is 33.3. The summed E-state index contributed by atoms with van der Waals surface area (Å²) in [5, 5.41) is 20.0. The lowest BCUT2D eigenvalue weighted by Crippen LogP contribution is -2.45. The van der Waals surface area contributed by atoms with Gasteiger partial charge in [0.25, 0.3) is 11.8 Å². The number of aliphatic hydroxyl groups is 1. The number of methoxy groups -OCH3 is 1. The summed E-state index contributed by atoms with van der Waals surface area (Å²) in [5.41, 5.74) is 4.78. The molecule has 1 N–H and O–H groups in total. The average molecular weight is 748 g/mol. The molecule has 10 heteroatoms. The van der Waals surface area contributed by atoms with E-state index >= 15 is 4.79 Å². The van der Waals surface area contributed by atoms with Crippen LogP contribution in [-0.4, -0.2) is 51.7 Å². The standard InChI is InChI=1S/C46H45N5O5/c1-29-42(45(2,3)32-16-19-35(55-4)20-17-32)40(22-24-49-28-33(23-25-52)47-48-49)56-46(29)37-26-34(18-21-38(37)50(44(46)54)27-30-10-6-5-7-11-30)51-39-15-9-13-31-12-8-14-36(41(31)39)43(51)53/h5-21,26,28-29,40,42,52H,22-25,27H2,1-4H3/t29-,40+,42-,46+/m0/s1. The van der Waals surface area contributed by atoms with Crippen molar-refractivity contribution in [3.05, 3.63) is 143 Å². The Kier molecular flexibility index (Phi) is 8.78. The molecule has 10 nitrogen and oxygen atoms in total. The van der Waals surface area contributed by atoms with Gasteiger partial charge in [-0.3, -0.25) is 19.2 Å². The SMILES string of the molecule is COc1ccc(C(C)(C)[C@@H]2[C@@H](CCn3cc(CCO)nn3)O[C@]3(C(=O)N(Cc4ccccc4)c4ccc(N5C(=O)c6cccc7cccc5c67)cc43)[C@H]2C)cc1. The molecule has 56 heavy (non-hydrogen) atoms. The molecule has 3 aliphatic rings. The van der Waals surface area contributed by atoms with E-state index in [4.69, 9.17) is 9.47 Å². The van der Waals surface area contributed by atoms with Gasteiger partial charge in [0.05, 0.1) is 42.4 Å². The minimum atomic E-state index is -1.34. The van der Waals surface area contributed by atoms with Crippen LogP contribution in [0.2, 0.25) is 0 Å². The van der Waals surface area contributed by atoms with Gasteiger partial charge >= 0.3 is 0 Å². The number of carbonyl (C=O) groups is 2. The van der Waals surface area contributed by atoms with Crippen LogP contribution in [-0.2, 0) is 40.1 Å². The van der Waals surface area contributed by atoms with Crippen LogP contribution in [0.1, 0.15) is 59.9 Å². The molecule has 1 aromatic heterocycles. The number of benzene rings is 5. The molecule has 284 valence electrons. The third kappa shape index (κ3) is 5.53. The van der Waals surface area contributed by atoms with Gasteiger partial charge in [-0.05, 0) is 70.8 Å². The largest absolute Gasteiger partial charge is 0.497 e. The van der Waals surface area contributed by atoms with Crippen LogP contribution in [0.4, 0.5) is 17.1 Å². The minimum Gasteiger partial charge on any atom is -0.497 e. The van der Waals surface area contributed by atoms with Crippen LogP contribution < -0.4 is 14.5 Å². The molecule has 0 unspecified atom stereocenters. The summed E-state index contributed by atoms with van der Waals surface area (Å²) in [6.07, 6.45) is 2.50. The van der Waals surface area contributed by atoms with Gasteiger partial charge in [-0.25, -0.2) is 0 Å². The van der Waals surface area contributed by atoms with Crippen LogP contribution in [0.15, 0.2) is 115 Å². The second kappa shape index (κ2) is 13.7. The van der Waals surface area contributed by atoms with Gasteiger partial charge in [0, 0.05) is 54.2 Å². The summed E-state index contributed by atoms with van der Waals surface area (Å²) in [6.45, 7) is 7.51. The van der Waals surface area contributed by atoms with Gasteiger partial charge in [0.1, 0.15) is 5.75 Å². The molecule has 0 saturated carbocycles. The Morgan fingerprint density at radius 3 is 2.43 bits per heavy atom. The Balaban J connectivity index is 1.18. The van der Waals surface area contributed by atoms with Crippen molar-refractivity contribution in [2.75, 3.05) is 23.5 Å². The van der Waals surface area contributed by atoms with Crippen molar-refractivity contribution in [3.8, 4) is 5.75 Å². The lowest BCUT2D eigenvalue weighted by molar-refractivity contribution is -0.146. The predicted molar refractivity (Wildman–Crippen MR) is 215 cm³/mol. The third-order valence-corrected chi connectivity index (χ3v) is 12.4. The monoisotopic (exact) mass is 747 g/mol. The summed E-state index contributed by atoms with van der Waals surface area (Å²) >= 11 is 0. The summed E-state index contributed by atoms with van der Waals surface area (Å²) in [6, 6.07) is 36.0. The molecule has 6 aromatic rings. The molecule has 1 saturated heterocycles. The van der Waals surface area contributed by atoms with E-state index in [0.717, 1.165) is 50.3 Å². The van der Waals surface area contributed by atoms with Crippen LogP contribution >= 0.6 is 0 Å². The van der Waals surface area contributed by atoms with Gasteiger partial charge in [0.2, 0.25) is 0 Å². The predicted octanol–water partition coefficient (Wildman–Crippen LogP) is 7.73. The molecule has 3 aliphatic heterocycles. The molecule has 1 fully saturated rings. The number of rotatable bonds is 11. The highest BCUT2D eigenvalue weighted by atomic mass is 16.5. The number of ether oxygens (including phenoxy) is 2. The highest BCUT2D eigenvalue weighted by Gasteiger charge is 2.66. The molecule has 4 heterocycles. The van der Waals surface area contributed by atoms with Crippen LogP contribution in [0.3, 0.4) is 0 Å². The van der Waals surface area contributed by atoms with E-state index in [1.54, 1.807) is 16.7 Å². The fraction of sp³-hybridized carbons (Fsp3) is 0.304. The first-order valence-electron chi connectivity index (χ1n) is 19.3. The number of fused-ring (bicyclic) bond motifs is 2. The van der Waals surface area contributed by atoms with Crippen LogP contribution in [0, 0.1) is 11.8 Å². The maximum absolute atomic E-state index is 15.5. The normalized spacial score (nSPS) is 21.5. The van der Waals surface area contributed by atoms with Crippen molar-refractivity contribution in [3.63, 3.8) is 0 Å². The maximum atomic E-state index is 15.5. The Hall–Kier alpha value is -5.84. The zero-order chi connectivity index (χ0) is 38.8. The van der Waals surface area contributed by atoms with Crippen molar-refractivity contribution in [2.24, 2.45) is 11.8 Å². The van der Waals surface area contributed by atoms with Gasteiger partial charge in [-0.1, -0.05) is 92.7 Å². The Labute approximate surface area is 326 Å². The summed E-state index contributed by atoms with van der Waals surface area (Å²) < 4.78 is 14.7. The minimum absolute atomic E-state index is 0.00413. The van der Waals surface area contributed by atoms with E-state index in [0.29, 0.717) is 37.2 Å². The number of hydrogen-bond acceptors (Lipinski definition) is 7. The number of anilines is 3. The second-order valence-electron chi connectivity index (χ2n) is 15.8. The summed E-state index contributed by atoms with van der Waals surface area (Å²) in [7, 11) is 1.66. The molecule has 0 bridgehead atoms. The zero-order valence-electron chi connectivity index (χ0n) is 32.1. The first-order chi connectivity index (χ1) is 27.1. The van der Waals surface area contributed by atoms with Gasteiger partial charge in [-0.15, -0.1) is 5.10 Å². The van der Waals surface area contributed by atoms with E-state index in [1.165, 1.54) is 0 Å². The van der Waals surface area contributed by atoms with Crippen molar-refractivity contribution in [1.82, 2.24) is 15.0 Å². The highest BCUT2D eigenvalue weighted by molar-refractivity contribution is 6.28. The average Bonchev–Trinajstić information content (AvgIpc) is 3.94. The Morgan fingerprint density at radius 2 is 1.68 bits per heavy atom. The molecular weight excluding hydrogens is 703 g/mol. The number of amides is 2. The number of nitrogens with zero attached hydrogens (tertiary/aromatic N) is 5. The van der Waals surface area contributed by atoms with E-state index < -0.39 is 11.0 Å². The Morgan fingerprint density at radius 1 is 0.911 bits per heavy atom. The zero-order valence-corrected chi connectivity index (χ0v) is 32.1. The first-order valence-corrected chi connectivity index (χ1v) is 19.3. The maximum Gasteiger partial charge on any atom is 0.264 e. The fourth-order valence-electron chi connectivity index (χ4n) is 9.74. The lowest BCUT2D eigenvalue weighted by atomic mass is 9.63. The quantitative estimate of drug-likeness (QED) is 0.145. The topological polar surface area (TPSA) is 110 Å². The van der Waals surface area contributed by atoms with E-state index in [9.17, 15) is 9.90 Å². The van der Waals surface area contributed by atoms with Crippen LogP contribution in [0.25, 0.3) is 10.8 Å². The smallest absolute Gasteiger partial charge is 0.264 e. The molecule has 0 radical (unpaired) electrons. The van der Waals surface area contributed by atoms with E-state index in [1.807, 2.05) is 108 Å². The van der Waals surface area contributed by atoms with Crippen molar-refractivity contribution < 1.29 is 24.2 Å². The van der Waals surface area contributed by atoms with Gasteiger partial charge < -0.3 is 19.5 Å². The third-order valence-electron chi connectivity index (χ3n) is 12.4. The second-order valence-corrected chi connectivity index (χ2v) is 15.8. The van der Waals surface area contributed by atoms with Crippen LogP contribution in [0.5, 0.6) is 5.75 Å². The molecular formula is C46H45N5O5. The molecule has 1 spiro atoms. The first kappa shape index (κ1) is 35.8. The van der Waals surface area contributed by atoms with E-state index in [2.05, 4.69) is 43.2 Å². The van der Waals surface area contributed by atoms with Gasteiger partial charge in [-0.2, -0.15) is 0 Å². The van der Waals surface area contributed by atoms with Gasteiger partial charge in [0.15, 0.2) is 5.60 Å². The van der Waals surface area contributed by atoms with Crippen molar-refractivity contribution in [2.45, 2.75) is 63.8 Å². The number of aryl methyl sites for hydroxylation is 1. The molecule has 9 rings (SSSR count). The fourth-order valence-corrected chi connectivity index (χ4v) is 9.74. The Bertz CT molecular complexity index is 2460. The highest BCUT2D eigenvalue weighted by Crippen LogP contribution is 2.60. The number of carbonyl (C=O) groups excluding carboxylic acids is 2. The molecule has 5 aromatic carbocycles. The molecule has 2 amide bonds. The van der Waals surface area contributed by atoms with Crippen molar-refractivity contribution in [1.29, 1.82) is 0 Å². The number of aliphatic hydroxyl groups excluding tert-OH is 1. The summed E-state index contributed by atoms with van der Waals surface area (Å²) in [5.74, 6) is 0.156. The van der Waals surface area contributed by atoms with E-state index in [-0.39, 0.29) is 36.4 Å². The van der Waals surface area contributed by atoms with Crippen molar-refractivity contribution >= 4 is 39.6 Å². The number of aromatic nitrogens is 3. The lowest BCUT2D eigenvalue weighted by Gasteiger charge is -2.38. The number of hydrogen-bond donors (Lipinski definition) is 1.